The number of aromatic nitrogens is 4. The van der Waals surface area contributed by atoms with Crippen molar-refractivity contribution in [3.8, 4) is 5.88 Å². The molecule has 1 fully saturated rings. The van der Waals surface area contributed by atoms with Gasteiger partial charge in [0, 0.05) is 6.42 Å². The van der Waals surface area contributed by atoms with E-state index in [9.17, 15) is 0 Å². The first-order valence-electron chi connectivity index (χ1n) is 14.0. The van der Waals surface area contributed by atoms with Crippen molar-refractivity contribution >= 4 is 43.7 Å². The van der Waals surface area contributed by atoms with Gasteiger partial charge in [0.15, 0.2) is 27.8 Å². The van der Waals surface area contributed by atoms with Crippen LogP contribution in [0.15, 0.2) is 41.4 Å². The Morgan fingerprint density at radius 3 is 2.25 bits per heavy atom. The van der Waals surface area contributed by atoms with Crippen molar-refractivity contribution in [3.05, 3.63) is 47.0 Å². The van der Waals surface area contributed by atoms with Gasteiger partial charge in [0.1, 0.15) is 18.9 Å². The molecule has 3 heterocycles. The molecule has 1 aliphatic heterocycles. The SMILES string of the molecule is CC(C)(C)[Si](C)(C)OC[C@H]1OC(n2cnc3c(OCc4ccccc4)nc(Br)nc32)C[C@@H]1O[Si](C)(C)C(C)(C)C. The van der Waals surface area contributed by atoms with E-state index >= 15 is 0 Å². The van der Waals surface area contributed by atoms with Crippen molar-refractivity contribution in [2.45, 2.75) is 109 Å². The van der Waals surface area contributed by atoms with Crippen molar-refractivity contribution in [1.29, 1.82) is 0 Å². The zero-order valence-electron chi connectivity index (χ0n) is 25.6. The lowest BCUT2D eigenvalue weighted by molar-refractivity contribution is -0.0383. The highest BCUT2D eigenvalue weighted by Gasteiger charge is 2.47. The van der Waals surface area contributed by atoms with Crippen LogP contribution in [0.25, 0.3) is 11.2 Å². The predicted molar refractivity (Wildman–Crippen MR) is 168 cm³/mol. The van der Waals surface area contributed by atoms with E-state index in [-0.39, 0.29) is 28.5 Å². The van der Waals surface area contributed by atoms with Gasteiger partial charge in [-0.3, -0.25) is 4.57 Å². The highest BCUT2D eigenvalue weighted by molar-refractivity contribution is 9.10. The van der Waals surface area contributed by atoms with Crippen LogP contribution in [0.5, 0.6) is 5.88 Å². The number of fused-ring (bicyclic) bond motifs is 1. The highest BCUT2D eigenvalue weighted by Crippen LogP contribution is 2.43. The van der Waals surface area contributed by atoms with E-state index in [0.717, 1.165) is 5.56 Å². The summed E-state index contributed by atoms with van der Waals surface area (Å²) in [5.41, 5.74) is 2.32. The first-order valence-corrected chi connectivity index (χ1v) is 20.6. The number of nitrogens with zero attached hydrogens (tertiary/aromatic N) is 4. The average molecular weight is 650 g/mol. The topological polar surface area (TPSA) is 80.5 Å². The van der Waals surface area contributed by atoms with Gasteiger partial charge in [0.25, 0.3) is 0 Å². The van der Waals surface area contributed by atoms with E-state index in [1.807, 2.05) is 34.9 Å². The van der Waals surface area contributed by atoms with Crippen molar-refractivity contribution < 1.29 is 18.3 Å². The van der Waals surface area contributed by atoms with Crippen molar-refractivity contribution in [3.63, 3.8) is 0 Å². The van der Waals surface area contributed by atoms with Gasteiger partial charge in [-0.15, -0.1) is 0 Å². The Kier molecular flexibility index (Phi) is 9.05. The maximum Gasteiger partial charge on any atom is 0.246 e. The van der Waals surface area contributed by atoms with E-state index in [4.69, 9.17) is 18.3 Å². The Morgan fingerprint density at radius 1 is 0.975 bits per heavy atom. The molecule has 1 saturated heterocycles. The second-order valence-electron chi connectivity index (χ2n) is 13.7. The molecule has 0 spiro atoms. The number of benzene rings is 1. The summed E-state index contributed by atoms with van der Waals surface area (Å²) in [6, 6.07) is 10.0. The van der Waals surface area contributed by atoms with Crippen LogP contribution >= 0.6 is 15.9 Å². The highest BCUT2D eigenvalue weighted by atomic mass is 79.9. The van der Waals surface area contributed by atoms with Crippen molar-refractivity contribution in [2.75, 3.05) is 6.61 Å². The summed E-state index contributed by atoms with van der Waals surface area (Å²) in [6.07, 6.45) is 1.88. The summed E-state index contributed by atoms with van der Waals surface area (Å²) >= 11 is 3.47. The molecule has 0 radical (unpaired) electrons. The molecule has 0 N–H and O–H groups in total. The Bertz CT molecular complexity index is 1310. The molecule has 1 aliphatic rings. The van der Waals surface area contributed by atoms with Gasteiger partial charge < -0.3 is 18.3 Å². The Hall–Kier alpha value is -1.64. The molecule has 0 saturated carbocycles. The number of hydrogen-bond acceptors (Lipinski definition) is 7. The monoisotopic (exact) mass is 648 g/mol. The molecular weight excluding hydrogens is 604 g/mol. The molecule has 220 valence electrons. The summed E-state index contributed by atoms with van der Waals surface area (Å²) in [5, 5.41) is 0.196. The van der Waals surface area contributed by atoms with Gasteiger partial charge in [0.2, 0.25) is 10.6 Å². The van der Waals surface area contributed by atoms with Crippen LogP contribution in [0.2, 0.25) is 36.3 Å². The lowest BCUT2D eigenvalue weighted by atomic mass is 10.2. The molecule has 3 atom stereocenters. The minimum Gasteiger partial charge on any atom is -0.471 e. The fraction of sp³-hybridized carbons (Fsp3) is 0.621. The smallest absolute Gasteiger partial charge is 0.246 e. The number of halogens is 1. The summed E-state index contributed by atoms with van der Waals surface area (Å²) in [7, 11) is -4.02. The lowest BCUT2D eigenvalue weighted by Gasteiger charge is -2.40. The molecule has 8 nitrogen and oxygen atoms in total. The molecule has 0 amide bonds. The van der Waals surface area contributed by atoms with Crippen molar-refractivity contribution in [1.82, 2.24) is 19.5 Å². The van der Waals surface area contributed by atoms with Crippen LogP contribution in [0.1, 0.15) is 59.8 Å². The molecule has 2 aromatic heterocycles. The quantitative estimate of drug-likeness (QED) is 0.172. The van der Waals surface area contributed by atoms with Gasteiger partial charge in [0.05, 0.1) is 19.0 Å². The van der Waals surface area contributed by atoms with Crippen molar-refractivity contribution in [2.24, 2.45) is 0 Å². The van der Waals surface area contributed by atoms with Crippen LogP contribution in [0.3, 0.4) is 0 Å². The number of imidazole rings is 1. The fourth-order valence-corrected chi connectivity index (χ4v) is 6.81. The van der Waals surface area contributed by atoms with Crippen LogP contribution in [0, 0.1) is 0 Å². The third-order valence-electron chi connectivity index (χ3n) is 8.74. The third kappa shape index (κ3) is 6.87. The molecule has 0 bridgehead atoms. The number of ether oxygens (including phenoxy) is 2. The van der Waals surface area contributed by atoms with Gasteiger partial charge in [-0.05, 0) is 57.8 Å². The summed E-state index contributed by atoms with van der Waals surface area (Å²) < 4.78 is 28.8. The summed E-state index contributed by atoms with van der Waals surface area (Å²) in [5.74, 6) is 0.435. The number of hydrogen-bond donors (Lipinski definition) is 0. The van der Waals surface area contributed by atoms with Crippen LogP contribution in [-0.2, 0) is 20.2 Å². The second kappa shape index (κ2) is 11.6. The Balaban J connectivity index is 1.61. The molecule has 4 rings (SSSR count). The molecular formula is C29H45BrN4O4Si2. The normalized spacial score (nSPS) is 20.8. The zero-order chi connectivity index (χ0) is 29.5. The molecule has 40 heavy (non-hydrogen) atoms. The fourth-order valence-electron chi connectivity index (χ4n) is 4.11. The second-order valence-corrected chi connectivity index (χ2v) is 24.0. The summed E-state index contributed by atoms with van der Waals surface area (Å²) in [4.78, 5) is 13.8. The minimum absolute atomic E-state index is 0.0840. The summed E-state index contributed by atoms with van der Waals surface area (Å²) in [6.45, 7) is 23.6. The van der Waals surface area contributed by atoms with E-state index in [0.29, 0.717) is 41.4 Å². The van der Waals surface area contributed by atoms with E-state index < -0.39 is 16.6 Å². The lowest BCUT2D eigenvalue weighted by Crippen LogP contribution is -2.48. The van der Waals surface area contributed by atoms with E-state index in [2.05, 4.69) is 98.6 Å². The molecule has 1 unspecified atom stereocenters. The van der Waals surface area contributed by atoms with E-state index in [1.165, 1.54) is 0 Å². The van der Waals surface area contributed by atoms with Gasteiger partial charge in [-0.1, -0.05) is 71.9 Å². The van der Waals surface area contributed by atoms with Crippen LogP contribution in [-0.4, -0.2) is 55.0 Å². The maximum absolute atomic E-state index is 6.95. The third-order valence-corrected chi connectivity index (χ3v) is 18.1. The predicted octanol–water partition coefficient (Wildman–Crippen LogP) is 7.87. The average Bonchev–Trinajstić information content (AvgIpc) is 3.44. The molecule has 1 aromatic carbocycles. The Morgan fingerprint density at radius 2 is 1.62 bits per heavy atom. The van der Waals surface area contributed by atoms with Crippen LogP contribution < -0.4 is 4.74 Å². The van der Waals surface area contributed by atoms with Crippen LogP contribution in [0.4, 0.5) is 0 Å². The standard InChI is InChI=1S/C29H45BrN4O4Si2/c1-28(2,3)39(7,8)36-18-22-21(38-40(9,10)29(4,5)6)16-23(37-22)34-19-31-24-25(34)32-27(30)33-26(24)35-17-20-14-12-11-13-15-20/h11-15,19,21-23H,16-18H2,1-10H3/t21-,22+,23?/m0/s1. The largest absolute Gasteiger partial charge is 0.471 e. The molecule has 11 heteroatoms. The first kappa shape index (κ1) is 31.3. The minimum atomic E-state index is -2.05. The Labute approximate surface area is 249 Å². The number of rotatable bonds is 9. The van der Waals surface area contributed by atoms with Gasteiger partial charge in [-0.25, -0.2) is 9.97 Å². The maximum atomic E-state index is 6.95. The molecule has 0 aliphatic carbocycles. The zero-order valence-corrected chi connectivity index (χ0v) is 29.2. The van der Waals surface area contributed by atoms with Gasteiger partial charge in [-0.2, -0.15) is 4.98 Å². The first-order chi connectivity index (χ1) is 18.5. The van der Waals surface area contributed by atoms with E-state index in [1.54, 1.807) is 6.33 Å². The van der Waals surface area contributed by atoms with Gasteiger partial charge >= 0.3 is 0 Å². The molecule has 3 aromatic rings.